The third-order valence-electron chi connectivity index (χ3n) is 5.49. The molecule has 2 aliphatic heterocycles. The molecular weight excluding hydrogens is 385 g/mol. The lowest BCUT2D eigenvalue weighted by atomic mass is 9.85. The van der Waals surface area contributed by atoms with Crippen LogP contribution in [0.3, 0.4) is 0 Å². The number of hydrogen-bond acceptors (Lipinski definition) is 4. The Bertz CT molecular complexity index is 1010. The molecule has 0 aliphatic carbocycles. The first-order valence-corrected chi connectivity index (χ1v) is 10.6. The highest BCUT2D eigenvalue weighted by Crippen LogP contribution is 2.43. The van der Waals surface area contributed by atoms with Crippen molar-refractivity contribution >= 4 is 23.4 Å². The van der Waals surface area contributed by atoms with Crippen molar-refractivity contribution in [2.24, 2.45) is 0 Å². The number of carbonyl (C=O) groups excluding carboxylic acids is 1. The third kappa shape index (κ3) is 3.63. The predicted octanol–water partition coefficient (Wildman–Crippen LogP) is 5.17. The van der Waals surface area contributed by atoms with Crippen molar-refractivity contribution in [1.29, 1.82) is 5.26 Å². The second kappa shape index (κ2) is 7.92. The number of rotatable bonds is 3. The average molecular weight is 408 g/mol. The number of anilines is 1. The zero-order valence-corrected chi connectivity index (χ0v) is 17.2. The number of nitrogens with zero attached hydrogens (tertiary/aromatic N) is 3. The number of thioether (sulfide) groups is 1. The maximum atomic E-state index is 14.2. The molecule has 0 N–H and O–H groups in total. The lowest BCUT2D eigenvalue weighted by Gasteiger charge is -2.42. The first-order chi connectivity index (χ1) is 14.0. The zero-order valence-electron chi connectivity index (χ0n) is 16.4. The Morgan fingerprint density at radius 1 is 1.17 bits per heavy atom. The summed E-state index contributed by atoms with van der Waals surface area (Å²) in [5, 5.41) is 10.6. The normalized spacial score (nSPS) is 19.4. The Labute approximate surface area is 174 Å². The molecule has 0 spiro atoms. The third-order valence-corrected chi connectivity index (χ3v) is 6.65. The highest BCUT2D eigenvalue weighted by molar-refractivity contribution is 8.03. The van der Waals surface area contributed by atoms with Gasteiger partial charge in [0.15, 0.2) is 0 Å². The van der Waals surface area contributed by atoms with Crippen LogP contribution in [0, 0.1) is 17.1 Å². The molecule has 0 aromatic heterocycles. The van der Waals surface area contributed by atoms with E-state index in [2.05, 4.69) is 32.0 Å². The van der Waals surface area contributed by atoms with E-state index in [9.17, 15) is 14.4 Å². The Kier molecular flexibility index (Phi) is 5.33. The molecule has 2 aromatic carbocycles. The summed E-state index contributed by atoms with van der Waals surface area (Å²) in [5.41, 5.74) is 3.32. The molecule has 2 aliphatic rings. The fourth-order valence-corrected chi connectivity index (χ4v) is 4.98. The van der Waals surface area contributed by atoms with E-state index >= 15 is 0 Å². The van der Waals surface area contributed by atoms with Crippen LogP contribution >= 0.6 is 11.8 Å². The highest BCUT2D eigenvalue weighted by Gasteiger charge is 2.38. The van der Waals surface area contributed by atoms with Gasteiger partial charge >= 0.3 is 0 Å². The Morgan fingerprint density at radius 3 is 2.55 bits per heavy atom. The number of amides is 1. The molecule has 1 atom stereocenters. The number of halogens is 1. The minimum absolute atomic E-state index is 0.0366. The molecule has 1 saturated heterocycles. The number of carbonyl (C=O) groups is 1. The van der Waals surface area contributed by atoms with Gasteiger partial charge in [-0.25, -0.2) is 4.39 Å². The van der Waals surface area contributed by atoms with E-state index in [0.29, 0.717) is 28.1 Å². The molecule has 148 valence electrons. The van der Waals surface area contributed by atoms with E-state index in [1.54, 1.807) is 23.1 Å². The van der Waals surface area contributed by atoms with Gasteiger partial charge in [-0.1, -0.05) is 62.0 Å². The molecule has 4 nitrogen and oxygen atoms in total. The van der Waals surface area contributed by atoms with Crippen LogP contribution in [0.5, 0.6) is 0 Å². The van der Waals surface area contributed by atoms with Gasteiger partial charge in [-0.2, -0.15) is 5.26 Å². The van der Waals surface area contributed by atoms with Crippen molar-refractivity contribution in [2.75, 3.05) is 17.4 Å². The van der Waals surface area contributed by atoms with Gasteiger partial charge in [0.05, 0.1) is 34.9 Å². The van der Waals surface area contributed by atoms with Crippen molar-refractivity contribution in [2.45, 2.75) is 32.1 Å². The minimum atomic E-state index is -0.311. The first kappa shape index (κ1) is 19.5. The molecule has 0 radical (unpaired) electrons. The minimum Gasteiger partial charge on any atom is -0.341 e. The highest BCUT2D eigenvalue weighted by atomic mass is 32.2. The summed E-state index contributed by atoms with van der Waals surface area (Å²) in [5.74, 6) is 0.343. The summed E-state index contributed by atoms with van der Waals surface area (Å²) in [6.07, 6.45) is 0.249. The van der Waals surface area contributed by atoms with E-state index in [0.717, 1.165) is 5.56 Å². The van der Waals surface area contributed by atoms with Crippen molar-refractivity contribution < 1.29 is 9.18 Å². The van der Waals surface area contributed by atoms with Gasteiger partial charge in [0.1, 0.15) is 5.82 Å². The molecular formula is C23H22FN3OS. The summed E-state index contributed by atoms with van der Waals surface area (Å²) in [6, 6.07) is 17.1. The Balaban J connectivity index is 1.65. The van der Waals surface area contributed by atoms with Gasteiger partial charge in [0.25, 0.3) is 0 Å². The van der Waals surface area contributed by atoms with Crippen molar-refractivity contribution in [3.63, 3.8) is 0 Å². The maximum Gasteiger partial charge on any atom is 0.229 e. The largest absolute Gasteiger partial charge is 0.341 e. The number of allylic oxidation sites excluding steroid dienone is 1. The Hall–Kier alpha value is -2.78. The lowest BCUT2D eigenvalue weighted by Crippen LogP contribution is -2.47. The lowest BCUT2D eigenvalue weighted by molar-refractivity contribution is -0.129. The molecule has 1 amide bonds. The smallest absolute Gasteiger partial charge is 0.229 e. The van der Waals surface area contributed by atoms with E-state index in [-0.39, 0.29) is 30.7 Å². The Morgan fingerprint density at radius 2 is 1.90 bits per heavy atom. The molecule has 6 heteroatoms. The number of fused-ring (bicyclic) bond motifs is 1. The first-order valence-electron chi connectivity index (χ1n) is 9.66. The van der Waals surface area contributed by atoms with Crippen LogP contribution in [0.4, 0.5) is 10.1 Å². The monoisotopic (exact) mass is 407 g/mol. The van der Waals surface area contributed by atoms with Gasteiger partial charge < -0.3 is 4.90 Å². The van der Waals surface area contributed by atoms with Gasteiger partial charge in [-0.05, 0) is 29.2 Å². The van der Waals surface area contributed by atoms with Crippen molar-refractivity contribution in [1.82, 2.24) is 4.90 Å². The molecule has 0 bridgehead atoms. The van der Waals surface area contributed by atoms with E-state index in [1.807, 2.05) is 17.0 Å². The van der Waals surface area contributed by atoms with Crippen LogP contribution in [-0.4, -0.2) is 23.4 Å². The topological polar surface area (TPSA) is 47.3 Å². The van der Waals surface area contributed by atoms with Crippen LogP contribution in [-0.2, 0) is 4.79 Å². The summed E-state index contributed by atoms with van der Waals surface area (Å²) in [6.45, 7) is 4.53. The van der Waals surface area contributed by atoms with Crippen LogP contribution in [0.15, 0.2) is 59.1 Å². The zero-order chi connectivity index (χ0) is 20.5. The second-order valence-corrected chi connectivity index (χ2v) is 8.57. The van der Waals surface area contributed by atoms with Crippen LogP contribution in [0.1, 0.15) is 43.2 Å². The van der Waals surface area contributed by atoms with Gasteiger partial charge in [-0.15, -0.1) is 0 Å². The number of para-hydroxylation sites is 1. The fraction of sp³-hybridized carbons (Fsp3) is 0.304. The molecule has 1 fully saturated rings. The van der Waals surface area contributed by atoms with Crippen molar-refractivity contribution in [3.8, 4) is 6.07 Å². The maximum absolute atomic E-state index is 14.2. The molecule has 2 aromatic rings. The van der Waals surface area contributed by atoms with Crippen molar-refractivity contribution in [3.05, 3.63) is 76.1 Å². The van der Waals surface area contributed by atoms with Crippen LogP contribution < -0.4 is 4.90 Å². The van der Waals surface area contributed by atoms with Gasteiger partial charge in [-0.3, -0.25) is 9.69 Å². The van der Waals surface area contributed by atoms with Gasteiger partial charge in [0, 0.05) is 12.3 Å². The van der Waals surface area contributed by atoms with Gasteiger partial charge in [0.2, 0.25) is 5.91 Å². The fourth-order valence-electron chi connectivity index (χ4n) is 3.82. The average Bonchev–Trinajstić information content (AvgIpc) is 2.74. The van der Waals surface area contributed by atoms with E-state index < -0.39 is 0 Å². The van der Waals surface area contributed by atoms with Crippen LogP contribution in [0.2, 0.25) is 0 Å². The number of hydrogen-bond donors (Lipinski definition) is 0. The molecule has 0 saturated carbocycles. The quantitative estimate of drug-likeness (QED) is 0.704. The molecule has 29 heavy (non-hydrogen) atoms. The standard InChI is InChI=1S/C23H22FN3OS/c1-15(2)16-7-9-17(10-8-16)18-11-22(28)27-13-26(14-29-23(27)19(18)12-25)21-6-4-3-5-20(21)24/h3-10,15,18H,11,13-14H2,1-2H3. The van der Waals surface area contributed by atoms with Crippen LogP contribution in [0.25, 0.3) is 0 Å². The summed E-state index contributed by atoms with van der Waals surface area (Å²) < 4.78 is 14.2. The SMILES string of the molecule is CC(C)c1ccc(C2CC(=O)N3CN(c4ccccc4F)CSC3=C2C#N)cc1. The second-order valence-electron chi connectivity index (χ2n) is 7.64. The summed E-state index contributed by atoms with van der Waals surface area (Å²) >= 11 is 1.42. The molecule has 1 unspecified atom stereocenters. The van der Waals surface area contributed by atoms with E-state index in [1.165, 1.54) is 23.4 Å². The summed E-state index contributed by atoms with van der Waals surface area (Å²) in [4.78, 5) is 16.4. The van der Waals surface area contributed by atoms with E-state index in [4.69, 9.17) is 0 Å². The molecule has 4 rings (SSSR count). The number of nitriles is 1. The molecule has 2 heterocycles. The predicted molar refractivity (Wildman–Crippen MR) is 114 cm³/mol. The summed E-state index contributed by atoms with van der Waals surface area (Å²) in [7, 11) is 0. The number of benzene rings is 2.